The lowest BCUT2D eigenvalue weighted by Gasteiger charge is -2.22. The predicted molar refractivity (Wildman–Crippen MR) is 233 cm³/mol. The van der Waals surface area contributed by atoms with Crippen LogP contribution in [0, 0.1) is 0 Å². The molecule has 0 unspecified atom stereocenters. The van der Waals surface area contributed by atoms with E-state index in [1.54, 1.807) is 0 Å². The second-order valence-electron chi connectivity index (χ2n) is 16.6. The monoisotopic (exact) mass is 700 g/mol. The minimum atomic E-state index is 0.0874. The van der Waals surface area contributed by atoms with Crippen molar-refractivity contribution in [1.29, 1.82) is 0 Å². The molecule has 53 heavy (non-hydrogen) atoms. The van der Waals surface area contributed by atoms with Gasteiger partial charge in [0.05, 0.1) is 0 Å². The van der Waals surface area contributed by atoms with Crippen LogP contribution < -0.4 is 0 Å². The van der Waals surface area contributed by atoms with E-state index in [0.717, 1.165) is 0 Å². The zero-order valence-corrected chi connectivity index (χ0v) is 32.2. The maximum atomic E-state index is 2.45. The average Bonchev–Trinajstić information content (AvgIpc) is 3.55. The Bertz CT molecular complexity index is 2820. The Kier molecular flexibility index (Phi) is 7.91. The van der Waals surface area contributed by atoms with Gasteiger partial charge in [-0.2, -0.15) is 0 Å². The number of fused-ring (bicyclic) bond motifs is 5. The molecular formula is C52H44S. The van der Waals surface area contributed by atoms with Gasteiger partial charge < -0.3 is 0 Å². The zero-order chi connectivity index (χ0) is 36.5. The molecule has 0 amide bonds. The van der Waals surface area contributed by atoms with Crippen LogP contribution in [0.3, 0.4) is 0 Å². The van der Waals surface area contributed by atoms with Crippen LogP contribution in [-0.4, -0.2) is 0 Å². The van der Waals surface area contributed by atoms with Crippen molar-refractivity contribution in [3.63, 3.8) is 0 Å². The fraction of sp³-hybridized carbons (Fsp3) is 0.154. The summed E-state index contributed by atoms with van der Waals surface area (Å²) in [6, 6.07) is 59.3. The van der Waals surface area contributed by atoms with Gasteiger partial charge in [-0.25, -0.2) is 0 Å². The molecule has 0 fully saturated rings. The van der Waals surface area contributed by atoms with Crippen molar-refractivity contribution in [3.8, 4) is 44.5 Å². The molecule has 0 bridgehead atoms. The Labute approximate surface area is 317 Å². The van der Waals surface area contributed by atoms with Crippen LogP contribution in [0.25, 0.3) is 86.2 Å². The lowest BCUT2D eigenvalue weighted by molar-refractivity contribution is 0.590. The van der Waals surface area contributed by atoms with Gasteiger partial charge in [0, 0.05) is 20.2 Å². The van der Waals surface area contributed by atoms with Crippen molar-refractivity contribution in [2.45, 2.75) is 52.4 Å². The second kappa shape index (κ2) is 12.6. The number of hydrogen-bond donors (Lipinski definition) is 0. The summed E-state index contributed by atoms with van der Waals surface area (Å²) >= 11 is 1.89. The normalized spacial score (nSPS) is 12.3. The molecule has 0 aliphatic carbocycles. The third-order valence-electron chi connectivity index (χ3n) is 11.0. The van der Waals surface area contributed by atoms with E-state index >= 15 is 0 Å². The summed E-state index contributed by atoms with van der Waals surface area (Å²) in [5.74, 6) is 0. The van der Waals surface area contributed by atoms with E-state index in [4.69, 9.17) is 0 Å². The number of hydrogen-bond acceptors (Lipinski definition) is 1. The van der Waals surface area contributed by atoms with E-state index < -0.39 is 0 Å². The highest BCUT2D eigenvalue weighted by Crippen LogP contribution is 2.46. The van der Waals surface area contributed by atoms with E-state index in [1.165, 1.54) is 97.4 Å². The molecule has 9 aromatic rings. The molecule has 0 N–H and O–H groups in total. The van der Waals surface area contributed by atoms with E-state index in [2.05, 4.69) is 199 Å². The van der Waals surface area contributed by atoms with Gasteiger partial charge in [0.1, 0.15) is 0 Å². The number of rotatable bonds is 4. The van der Waals surface area contributed by atoms with Crippen molar-refractivity contribution < 1.29 is 0 Å². The van der Waals surface area contributed by atoms with E-state index in [9.17, 15) is 0 Å². The molecule has 0 nitrogen and oxygen atoms in total. The lowest BCUT2D eigenvalue weighted by Crippen LogP contribution is -2.10. The van der Waals surface area contributed by atoms with E-state index in [0.29, 0.717) is 0 Å². The Morgan fingerprint density at radius 3 is 1.43 bits per heavy atom. The quantitative estimate of drug-likeness (QED) is 0.160. The molecule has 1 aromatic heterocycles. The van der Waals surface area contributed by atoms with Crippen molar-refractivity contribution >= 4 is 53.1 Å². The van der Waals surface area contributed by atoms with Gasteiger partial charge in [-0.05, 0) is 106 Å². The second-order valence-corrected chi connectivity index (χ2v) is 17.6. The van der Waals surface area contributed by atoms with E-state index in [-0.39, 0.29) is 10.8 Å². The molecule has 0 aliphatic rings. The highest BCUT2D eigenvalue weighted by molar-refractivity contribution is 7.26. The SMILES string of the molecule is CC(C)(C)c1ccc(-c2c3ccccc3c(-c3ccc(C(C)(C)C)cc3)c3cc(-c4cccc(-c5cccc6c5sc5ccccc56)c4)ccc23)cc1. The first-order valence-electron chi connectivity index (χ1n) is 18.8. The maximum absolute atomic E-state index is 2.45. The summed E-state index contributed by atoms with van der Waals surface area (Å²) in [5.41, 5.74) is 12.9. The summed E-state index contributed by atoms with van der Waals surface area (Å²) in [5, 5.41) is 7.77. The number of thiophene rings is 1. The molecule has 1 heterocycles. The first-order valence-corrected chi connectivity index (χ1v) is 19.6. The molecule has 0 spiro atoms. The van der Waals surface area contributed by atoms with Crippen molar-refractivity contribution in [2.75, 3.05) is 0 Å². The van der Waals surface area contributed by atoms with Gasteiger partial charge in [-0.15, -0.1) is 11.3 Å². The first-order chi connectivity index (χ1) is 25.5. The lowest BCUT2D eigenvalue weighted by atomic mass is 9.82. The zero-order valence-electron chi connectivity index (χ0n) is 31.4. The molecule has 8 aromatic carbocycles. The maximum Gasteiger partial charge on any atom is 0.0433 e. The molecule has 0 aliphatic heterocycles. The molecule has 1 heteroatoms. The Balaban J connectivity index is 1.28. The van der Waals surface area contributed by atoms with Crippen LogP contribution in [0.4, 0.5) is 0 Å². The van der Waals surface area contributed by atoms with Crippen LogP contribution >= 0.6 is 11.3 Å². The van der Waals surface area contributed by atoms with Gasteiger partial charge >= 0.3 is 0 Å². The Morgan fingerprint density at radius 2 is 0.811 bits per heavy atom. The van der Waals surface area contributed by atoms with Crippen molar-refractivity contribution in [1.82, 2.24) is 0 Å². The Hall–Kier alpha value is -5.50. The van der Waals surface area contributed by atoms with Crippen LogP contribution in [0.2, 0.25) is 0 Å². The highest BCUT2D eigenvalue weighted by atomic mass is 32.1. The predicted octanol–water partition coefficient (Wildman–Crippen LogP) is 15.6. The summed E-state index contributed by atoms with van der Waals surface area (Å²) in [7, 11) is 0. The smallest absolute Gasteiger partial charge is 0.0433 e. The third kappa shape index (κ3) is 5.85. The molecule has 9 rings (SSSR count). The van der Waals surface area contributed by atoms with Crippen LogP contribution in [0.15, 0.2) is 158 Å². The summed E-state index contributed by atoms with van der Waals surface area (Å²) in [6.45, 7) is 13.7. The third-order valence-corrected chi connectivity index (χ3v) is 12.2. The summed E-state index contributed by atoms with van der Waals surface area (Å²) in [4.78, 5) is 0. The molecular weight excluding hydrogens is 657 g/mol. The highest BCUT2D eigenvalue weighted by Gasteiger charge is 2.20. The van der Waals surface area contributed by atoms with Gasteiger partial charge in [0.25, 0.3) is 0 Å². The van der Waals surface area contributed by atoms with Gasteiger partial charge in [-0.3, -0.25) is 0 Å². The largest absolute Gasteiger partial charge is 0.135 e. The topological polar surface area (TPSA) is 0 Å². The summed E-state index contributed by atoms with van der Waals surface area (Å²) < 4.78 is 2.68. The Morgan fingerprint density at radius 1 is 0.340 bits per heavy atom. The van der Waals surface area contributed by atoms with Gasteiger partial charge in [0.15, 0.2) is 0 Å². The molecule has 0 saturated heterocycles. The molecule has 0 radical (unpaired) electrons. The fourth-order valence-electron chi connectivity index (χ4n) is 8.09. The molecule has 0 saturated carbocycles. The van der Waals surface area contributed by atoms with Crippen LogP contribution in [0.5, 0.6) is 0 Å². The summed E-state index contributed by atoms with van der Waals surface area (Å²) in [6.07, 6.45) is 0. The minimum absolute atomic E-state index is 0.0874. The molecule has 0 atom stereocenters. The van der Waals surface area contributed by atoms with Gasteiger partial charge in [-0.1, -0.05) is 181 Å². The average molecular weight is 701 g/mol. The fourth-order valence-corrected chi connectivity index (χ4v) is 9.33. The van der Waals surface area contributed by atoms with Crippen molar-refractivity contribution in [3.05, 3.63) is 169 Å². The van der Waals surface area contributed by atoms with Gasteiger partial charge in [0.2, 0.25) is 0 Å². The standard InChI is InChI=1S/C52H44S/c1-51(2,3)38-26-21-33(22-27-38)48-42-16-7-8-17-43(42)49(34-23-28-39(29-24-34)52(4,5)6)46-32-36(25-30-44(46)48)35-13-11-14-37(31-35)40-18-12-19-45-41-15-9-10-20-47(41)53-50(40)45/h7-32H,1-6H3. The van der Waals surface area contributed by atoms with Crippen LogP contribution in [-0.2, 0) is 10.8 Å². The number of benzene rings is 8. The van der Waals surface area contributed by atoms with Crippen LogP contribution in [0.1, 0.15) is 52.7 Å². The minimum Gasteiger partial charge on any atom is -0.135 e. The van der Waals surface area contributed by atoms with Crippen molar-refractivity contribution in [2.24, 2.45) is 0 Å². The molecule has 258 valence electrons. The van der Waals surface area contributed by atoms with E-state index in [1.807, 2.05) is 11.3 Å². The first kappa shape index (κ1) is 33.3.